The predicted octanol–water partition coefficient (Wildman–Crippen LogP) is 4.55. The molecule has 0 amide bonds. The molecule has 4 aromatic rings. The van der Waals surface area contributed by atoms with Crippen LogP contribution in [0.15, 0.2) is 79.0 Å². The molecule has 4 rings (SSSR count). The van der Waals surface area contributed by atoms with Gasteiger partial charge in [-0.05, 0) is 17.7 Å². The number of anilines is 1. The fourth-order valence-electron chi connectivity index (χ4n) is 3.12. The smallest absolute Gasteiger partial charge is 0.214 e. The highest BCUT2D eigenvalue weighted by Crippen LogP contribution is 2.36. The van der Waals surface area contributed by atoms with Crippen LogP contribution in [0.1, 0.15) is 17.2 Å². The third-order valence-corrected chi connectivity index (χ3v) is 4.45. The second-order valence-electron chi connectivity index (χ2n) is 6.13. The molecule has 0 saturated carbocycles. The van der Waals surface area contributed by atoms with Gasteiger partial charge in [-0.15, -0.1) is 0 Å². The van der Waals surface area contributed by atoms with Crippen molar-refractivity contribution in [1.82, 2.24) is 9.97 Å². The highest BCUT2D eigenvalue weighted by atomic mass is 16.5. The van der Waals surface area contributed by atoms with Crippen LogP contribution in [0.25, 0.3) is 10.9 Å². The Morgan fingerprint density at radius 3 is 2.59 bits per heavy atom. The zero-order valence-electron chi connectivity index (χ0n) is 14.8. The van der Waals surface area contributed by atoms with Crippen LogP contribution in [0.2, 0.25) is 0 Å². The van der Waals surface area contributed by atoms with E-state index in [0.29, 0.717) is 17.2 Å². The average Bonchev–Trinajstić information content (AvgIpc) is 2.74. The predicted molar refractivity (Wildman–Crippen MR) is 106 cm³/mol. The molecule has 0 bridgehead atoms. The van der Waals surface area contributed by atoms with Gasteiger partial charge >= 0.3 is 0 Å². The van der Waals surface area contributed by atoms with E-state index in [1.165, 1.54) is 0 Å². The van der Waals surface area contributed by atoms with E-state index < -0.39 is 0 Å². The van der Waals surface area contributed by atoms with Crippen molar-refractivity contribution in [2.45, 2.75) is 6.04 Å². The Morgan fingerprint density at radius 2 is 1.78 bits per heavy atom. The lowest BCUT2D eigenvalue weighted by molar-refractivity contribution is 0.398. The highest BCUT2D eigenvalue weighted by Gasteiger charge is 2.20. The number of aromatic hydroxyl groups is 1. The number of pyridine rings is 2. The summed E-state index contributed by atoms with van der Waals surface area (Å²) in [6, 6.07) is 22.8. The van der Waals surface area contributed by atoms with E-state index in [0.717, 1.165) is 16.5 Å². The summed E-state index contributed by atoms with van der Waals surface area (Å²) in [6.45, 7) is 0. The Balaban J connectivity index is 1.82. The Bertz CT molecular complexity index is 1070. The molecule has 0 spiro atoms. The van der Waals surface area contributed by atoms with Gasteiger partial charge in [-0.1, -0.05) is 54.6 Å². The number of phenolic OH excluding ortho intramolecular Hbond substituents is 1. The van der Waals surface area contributed by atoms with Crippen LogP contribution in [0.3, 0.4) is 0 Å². The average molecular weight is 357 g/mol. The van der Waals surface area contributed by atoms with Gasteiger partial charge in [-0.2, -0.15) is 4.98 Å². The van der Waals surface area contributed by atoms with Crippen LogP contribution < -0.4 is 10.1 Å². The standard InChI is InChI=1S/C22H19N3O2/c1-27-19-11-5-10-18(24-19)25-20(15-7-3-2-4-8-15)17-13-12-16-9-6-14-23-21(16)22(17)26/h2-14,20,26H,1H3,(H,24,25). The zero-order valence-corrected chi connectivity index (χ0v) is 14.8. The fraction of sp³-hybridized carbons (Fsp3) is 0.0909. The van der Waals surface area contributed by atoms with Crippen molar-refractivity contribution in [2.24, 2.45) is 0 Å². The van der Waals surface area contributed by atoms with Gasteiger partial charge in [0.05, 0.1) is 13.2 Å². The molecular weight excluding hydrogens is 338 g/mol. The number of aromatic nitrogens is 2. The van der Waals surface area contributed by atoms with E-state index in [2.05, 4.69) is 15.3 Å². The first-order valence-electron chi connectivity index (χ1n) is 8.65. The minimum absolute atomic E-state index is 0.164. The molecule has 0 aliphatic rings. The van der Waals surface area contributed by atoms with Crippen LogP contribution in [-0.4, -0.2) is 22.2 Å². The maximum Gasteiger partial charge on any atom is 0.214 e. The molecule has 0 aliphatic carbocycles. The Labute approximate surface area is 157 Å². The third kappa shape index (κ3) is 3.40. The molecule has 5 nitrogen and oxygen atoms in total. The van der Waals surface area contributed by atoms with Gasteiger partial charge < -0.3 is 15.2 Å². The first-order valence-corrected chi connectivity index (χ1v) is 8.65. The lowest BCUT2D eigenvalue weighted by Gasteiger charge is -2.22. The summed E-state index contributed by atoms with van der Waals surface area (Å²) in [5.41, 5.74) is 2.32. The number of phenols is 1. The maximum atomic E-state index is 10.9. The topological polar surface area (TPSA) is 67.3 Å². The second-order valence-corrected chi connectivity index (χ2v) is 6.13. The van der Waals surface area contributed by atoms with Crippen LogP contribution >= 0.6 is 0 Å². The molecule has 0 saturated heterocycles. The van der Waals surface area contributed by atoms with E-state index in [9.17, 15) is 5.11 Å². The van der Waals surface area contributed by atoms with Crippen LogP contribution in [0.4, 0.5) is 5.82 Å². The zero-order chi connectivity index (χ0) is 18.6. The molecule has 27 heavy (non-hydrogen) atoms. The van der Waals surface area contributed by atoms with Gasteiger partial charge in [0, 0.05) is 23.2 Å². The summed E-state index contributed by atoms with van der Waals surface area (Å²) in [7, 11) is 1.58. The Hall–Kier alpha value is -3.60. The van der Waals surface area contributed by atoms with E-state index in [4.69, 9.17) is 4.74 Å². The quantitative estimate of drug-likeness (QED) is 0.549. The van der Waals surface area contributed by atoms with Gasteiger partial charge in [0.25, 0.3) is 0 Å². The van der Waals surface area contributed by atoms with Crippen molar-refractivity contribution in [2.75, 3.05) is 12.4 Å². The van der Waals surface area contributed by atoms with Crippen molar-refractivity contribution in [1.29, 1.82) is 0 Å². The molecule has 2 heterocycles. The third-order valence-electron chi connectivity index (χ3n) is 4.45. The summed E-state index contributed by atoms with van der Waals surface area (Å²) < 4.78 is 5.22. The van der Waals surface area contributed by atoms with Crippen molar-refractivity contribution in [3.05, 3.63) is 90.1 Å². The molecule has 1 unspecified atom stereocenters. The second kappa shape index (κ2) is 7.33. The minimum Gasteiger partial charge on any atom is -0.505 e. The first kappa shape index (κ1) is 16.8. The Kier molecular flexibility index (Phi) is 4.58. The summed E-state index contributed by atoms with van der Waals surface area (Å²) in [5, 5.41) is 15.2. The lowest BCUT2D eigenvalue weighted by Crippen LogP contribution is -2.14. The maximum absolute atomic E-state index is 10.9. The molecule has 2 N–H and O–H groups in total. The number of benzene rings is 2. The van der Waals surface area contributed by atoms with Crippen LogP contribution in [0, 0.1) is 0 Å². The van der Waals surface area contributed by atoms with Crippen LogP contribution in [0.5, 0.6) is 11.6 Å². The first-order chi connectivity index (χ1) is 13.3. The van der Waals surface area contributed by atoms with E-state index in [1.54, 1.807) is 19.4 Å². The van der Waals surface area contributed by atoms with Gasteiger partial charge in [-0.3, -0.25) is 4.98 Å². The molecule has 0 radical (unpaired) electrons. The SMILES string of the molecule is COc1cccc(NC(c2ccccc2)c2ccc3cccnc3c2O)n1. The highest BCUT2D eigenvalue weighted by molar-refractivity contribution is 5.86. The van der Waals surface area contributed by atoms with Gasteiger partial charge in [-0.25, -0.2) is 0 Å². The summed E-state index contributed by atoms with van der Waals surface area (Å²) >= 11 is 0. The van der Waals surface area contributed by atoms with E-state index in [1.807, 2.05) is 66.7 Å². The number of methoxy groups -OCH3 is 1. The molecule has 5 heteroatoms. The molecular formula is C22H19N3O2. The number of hydrogen-bond acceptors (Lipinski definition) is 5. The number of ether oxygens (including phenoxy) is 1. The van der Waals surface area contributed by atoms with Crippen molar-refractivity contribution in [3.63, 3.8) is 0 Å². The van der Waals surface area contributed by atoms with Crippen molar-refractivity contribution >= 4 is 16.7 Å². The molecule has 2 aromatic carbocycles. The van der Waals surface area contributed by atoms with Crippen molar-refractivity contribution in [3.8, 4) is 11.6 Å². The molecule has 0 aliphatic heterocycles. The van der Waals surface area contributed by atoms with Gasteiger partial charge in [0.1, 0.15) is 17.1 Å². The summed E-state index contributed by atoms with van der Waals surface area (Å²) in [4.78, 5) is 8.78. The number of nitrogens with zero attached hydrogens (tertiary/aromatic N) is 2. The summed E-state index contributed by atoms with van der Waals surface area (Å²) in [5.74, 6) is 1.34. The minimum atomic E-state index is -0.294. The monoisotopic (exact) mass is 357 g/mol. The van der Waals surface area contributed by atoms with Crippen molar-refractivity contribution < 1.29 is 9.84 Å². The van der Waals surface area contributed by atoms with E-state index >= 15 is 0 Å². The fourth-order valence-corrected chi connectivity index (χ4v) is 3.12. The largest absolute Gasteiger partial charge is 0.505 e. The molecule has 134 valence electrons. The van der Waals surface area contributed by atoms with E-state index in [-0.39, 0.29) is 11.8 Å². The Morgan fingerprint density at radius 1 is 0.926 bits per heavy atom. The van der Waals surface area contributed by atoms with Crippen LogP contribution in [-0.2, 0) is 0 Å². The molecule has 2 aromatic heterocycles. The number of nitrogens with one attached hydrogen (secondary N) is 1. The van der Waals surface area contributed by atoms with Gasteiger partial charge in [0.2, 0.25) is 5.88 Å². The molecule has 0 fully saturated rings. The van der Waals surface area contributed by atoms with Gasteiger partial charge in [0.15, 0.2) is 0 Å². The number of hydrogen-bond donors (Lipinski definition) is 2. The number of rotatable bonds is 5. The molecule has 1 atom stereocenters. The number of fused-ring (bicyclic) bond motifs is 1. The summed E-state index contributed by atoms with van der Waals surface area (Å²) in [6.07, 6.45) is 1.68. The lowest BCUT2D eigenvalue weighted by atomic mass is 9.96. The normalized spacial score (nSPS) is 11.9.